The van der Waals surface area contributed by atoms with Crippen LogP contribution in [-0.2, 0) is 13.1 Å². The second-order valence-electron chi connectivity index (χ2n) is 7.11. The zero-order chi connectivity index (χ0) is 22.5. The van der Waals surface area contributed by atoms with Gasteiger partial charge in [0.1, 0.15) is 5.69 Å². The molecule has 3 aromatic rings. The van der Waals surface area contributed by atoms with Gasteiger partial charge in [0, 0.05) is 25.2 Å². The fraction of sp³-hybridized carbons (Fsp3) is 0.300. The number of carbonyl (C=O) groups excluding carboxylic acids is 2. The number of nitrogens with one attached hydrogen (secondary N) is 2. The summed E-state index contributed by atoms with van der Waals surface area (Å²) in [5.74, 6) is -0.529. The van der Waals surface area contributed by atoms with Gasteiger partial charge >= 0.3 is 7.05 Å². The van der Waals surface area contributed by atoms with Crippen molar-refractivity contribution in [3.05, 3.63) is 53.4 Å². The maximum atomic E-state index is 12.9. The summed E-state index contributed by atoms with van der Waals surface area (Å²) >= 11 is 0. The standard InChI is InChI=1S/C20H26BN7O3/c1-4-28-17(11-13(2)26-28)19(30)25-20-24-15-12-14(18(22)29)7-8-16(15)27(20)10-6-5-9-23-21(3)31/h5-8,11-12,23,31H,4,9-10H2,1-3H3,(H2,22,29)(H,24,25,30)/b6-5+. The van der Waals surface area contributed by atoms with Crippen molar-refractivity contribution in [2.45, 2.75) is 33.8 Å². The molecule has 1 aromatic carbocycles. The Bertz CT molecular complexity index is 1130. The summed E-state index contributed by atoms with van der Waals surface area (Å²) in [6.45, 7) is 6.87. The van der Waals surface area contributed by atoms with Crippen LogP contribution in [0.3, 0.4) is 0 Å². The normalized spacial score (nSPS) is 11.4. The largest absolute Gasteiger partial charge is 0.437 e. The number of benzene rings is 1. The number of allylic oxidation sites excluding steroid dienone is 1. The van der Waals surface area contributed by atoms with Gasteiger partial charge in [0.25, 0.3) is 5.91 Å². The van der Waals surface area contributed by atoms with Gasteiger partial charge < -0.3 is 20.6 Å². The molecule has 0 spiro atoms. The van der Waals surface area contributed by atoms with Crippen LogP contribution >= 0.6 is 0 Å². The molecule has 10 nitrogen and oxygen atoms in total. The molecule has 0 bridgehead atoms. The summed E-state index contributed by atoms with van der Waals surface area (Å²) in [4.78, 5) is 29.0. The minimum atomic E-state index is -0.604. The molecule has 3 rings (SSSR count). The van der Waals surface area contributed by atoms with Gasteiger partial charge in [0.05, 0.1) is 16.7 Å². The number of imidazole rings is 1. The highest BCUT2D eigenvalue weighted by Crippen LogP contribution is 2.22. The molecule has 162 valence electrons. The van der Waals surface area contributed by atoms with E-state index in [2.05, 4.69) is 20.6 Å². The molecular weight excluding hydrogens is 397 g/mol. The average Bonchev–Trinajstić information content (AvgIpc) is 3.26. The smallest absolute Gasteiger partial charge is 0.373 e. The molecule has 0 unspecified atom stereocenters. The third-order valence-corrected chi connectivity index (χ3v) is 4.68. The van der Waals surface area contributed by atoms with Crippen molar-refractivity contribution in [1.82, 2.24) is 24.6 Å². The van der Waals surface area contributed by atoms with Crippen LogP contribution < -0.4 is 16.3 Å². The van der Waals surface area contributed by atoms with Gasteiger partial charge in [-0.1, -0.05) is 12.2 Å². The van der Waals surface area contributed by atoms with Crippen LogP contribution in [0.25, 0.3) is 11.0 Å². The highest BCUT2D eigenvalue weighted by Gasteiger charge is 2.18. The van der Waals surface area contributed by atoms with Gasteiger partial charge in [0.2, 0.25) is 11.9 Å². The summed E-state index contributed by atoms with van der Waals surface area (Å²) in [6.07, 6.45) is 3.77. The Labute approximate surface area is 180 Å². The summed E-state index contributed by atoms with van der Waals surface area (Å²) in [5.41, 5.74) is 8.20. The summed E-state index contributed by atoms with van der Waals surface area (Å²) in [5, 5.41) is 19.3. The lowest BCUT2D eigenvalue weighted by Crippen LogP contribution is -2.30. The average molecular weight is 423 g/mol. The maximum absolute atomic E-state index is 12.9. The summed E-state index contributed by atoms with van der Waals surface area (Å²) in [7, 11) is -0.604. The predicted octanol–water partition coefficient (Wildman–Crippen LogP) is 1.17. The molecular formula is C20H26BN7O3. The van der Waals surface area contributed by atoms with E-state index in [-0.39, 0.29) is 5.91 Å². The Morgan fingerprint density at radius 1 is 1.29 bits per heavy atom. The van der Waals surface area contributed by atoms with Crippen molar-refractivity contribution in [3.63, 3.8) is 0 Å². The van der Waals surface area contributed by atoms with E-state index in [0.29, 0.717) is 42.4 Å². The SMILES string of the molecule is CCn1nc(C)cc1C(=O)Nc1nc2cc(C(N)=O)ccc2n1C/C=C/CNB(C)O. The van der Waals surface area contributed by atoms with Crippen molar-refractivity contribution in [3.8, 4) is 0 Å². The van der Waals surface area contributed by atoms with Gasteiger partial charge in [-0.3, -0.25) is 19.6 Å². The van der Waals surface area contributed by atoms with E-state index in [1.807, 2.05) is 30.6 Å². The maximum Gasteiger partial charge on any atom is 0.373 e. The van der Waals surface area contributed by atoms with Crippen LogP contribution in [0.2, 0.25) is 6.82 Å². The lowest BCUT2D eigenvalue weighted by atomic mass is 9.89. The minimum absolute atomic E-state index is 0.325. The lowest BCUT2D eigenvalue weighted by Gasteiger charge is -2.09. The van der Waals surface area contributed by atoms with Crippen LogP contribution in [0.1, 0.15) is 33.5 Å². The number of anilines is 1. The molecule has 2 amide bonds. The van der Waals surface area contributed by atoms with Gasteiger partial charge in [-0.2, -0.15) is 5.10 Å². The second-order valence-corrected chi connectivity index (χ2v) is 7.11. The Morgan fingerprint density at radius 2 is 2.06 bits per heavy atom. The number of aromatic nitrogens is 4. The van der Waals surface area contributed by atoms with Crippen LogP contribution in [0.15, 0.2) is 36.4 Å². The highest BCUT2D eigenvalue weighted by molar-refractivity contribution is 6.45. The topological polar surface area (TPSA) is 140 Å². The van der Waals surface area contributed by atoms with Crippen LogP contribution in [0.4, 0.5) is 5.95 Å². The quantitative estimate of drug-likeness (QED) is 0.301. The van der Waals surface area contributed by atoms with Crippen LogP contribution in [0.5, 0.6) is 0 Å². The third-order valence-electron chi connectivity index (χ3n) is 4.68. The Hall–Kier alpha value is -3.44. The number of aryl methyl sites for hydroxylation is 2. The van der Waals surface area contributed by atoms with E-state index in [1.54, 1.807) is 35.8 Å². The van der Waals surface area contributed by atoms with E-state index >= 15 is 0 Å². The highest BCUT2D eigenvalue weighted by atomic mass is 16.2. The zero-order valence-electron chi connectivity index (χ0n) is 17.8. The number of hydrogen-bond acceptors (Lipinski definition) is 6. The fourth-order valence-corrected chi connectivity index (χ4v) is 3.20. The van der Waals surface area contributed by atoms with Crippen molar-refractivity contribution >= 4 is 35.8 Å². The second kappa shape index (κ2) is 9.58. The van der Waals surface area contributed by atoms with Crippen molar-refractivity contribution in [2.24, 2.45) is 5.73 Å². The molecule has 11 heteroatoms. The first-order valence-corrected chi connectivity index (χ1v) is 10.0. The van der Waals surface area contributed by atoms with Crippen LogP contribution in [0, 0.1) is 6.92 Å². The van der Waals surface area contributed by atoms with Gasteiger partial charge in [-0.25, -0.2) is 4.98 Å². The number of primary amides is 1. The molecule has 2 aromatic heterocycles. The zero-order valence-corrected chi connectivity index (χ0v) is 17.8. The summed E-state index contributed by atoms with van der Waals surface area (Å²) < 4.78 is 3.46. The first kappa shape index (κ1) is 22.3. The van der Waals surface area contributed by atoms with E-state index < -0.39 is 13.0 Å². The Kier molecular flexibility index (Phi) is 6.88. The predicted molar refractivity (Wildman–Crippen MR) is 120 cm³/mol. The number of carbonyl (C=O) groups is 2. The molecule has 0 fully saturated rings. The summed E-state index contributed by atoms with van der Waals surface area (Å²) in [6, 6.07) is 6.70. The Morgan fingerprint density at radius 3 is 2.74 bits per heavy atom. The van der Waals surface area contributed by atoms with E-state index in [0.717, 1.165) is 11.2 Å². The lowest BCUT2D eigenvalue weighted by molar-refractivity contribution is 0.0996. The number of nitrogens with zero attached hydrogens (tertiary/aromatic N) is 4. The van der Waals surface area contributed by atoms with Crippen LogP contribution in [-0.4, -0.2) is 49.8 Å². The number of nitrogens with two attached hydrogens (primary N) is 1. The molecule has 31 heavy (non-hydrogen) atoms. The number of hydrogen-bond donors (Lipinski definition) is 4. The first-order chi connectivity index (χ1) is 14.8. The molecule has 0 saturated heterocycles. The molecule has 2 heterocycles. The monoisotopic (exact) mass is 423 g/mol. The first-order valence-electron chi connectivity index (χ1n) is 10.0. The van der Waals surface area contributed by atoms with Gasteiger partial charge in [-0.05, 0) is 44.9 Å². The van der Waals surface area contributed by atoms with Gasteiger partial charge in [-0.15, -0.1) is 0 Å². The van der Waals surface area contributed by atoms with Crippen molar-refractivity contribution in [1.29, 1.82) is 0 Å². The van der Waals surface area contributed by atoms with E-state index in [1.165, 1.54) is 0 Å². The minimum Gasteiger partial charge on any atom is -0.437 e. The number of rotatable bonds is 9. The van der Waals surface area contributed by atoms with Crippen molar-refractivity contribution in [2.75, 3.05) is 11.9 Å². The van der Waals surface area contributed by atoms with E-state index in [9.17, 15) is 14.6 Å². The molecule has 0 atom stereocenters. The van der Waals surface area contributed by atoms with Gasteiger partial charge in [0.15, 0.2) is 0 Å². The number of amides is 2. The molecule has 0 saturated carbocycles. The Balaban J connectivity index is 1.93. The molecule has 0 aliphatic heterocycles. The fourth-order valence-electron chi connectivity index (χ4n) is 3.20. The van der Waals surface area contributed by atoms with E-state index in [4.69, 9.17) is 5.73 Å². The van der Waals surface area contributed by atoms with Crippen molar-refractivity contribution < 1.29 is 14.6 Å². The molecule has 0 aliphatic rings. The molecule has 5 N–H and O–H groups in total. The number of fused-ring (bicyclic) bond motifs is 1. The third kappa shape index (κ3) is 5.19. The molecule has 0 aliphatic carbocycles. The molecule has 0 radical (unpaired) electrons.